The van der Waals surface area contributed by atoms with Crippen LogP contribution in [0, 0.1) is 17.8 Å². The van der Waals surface area contributed by atoms with E-state index in [4.69, 9.17) is 14.2 Å². The molecule has 0 aromatic heterocycles. The number of aliphatic hydroxyl groups excluding tert-OH is 1. The van der Waals surface area contributed by atoms with Crippen LogP contribution in [-0.2, 0) is 40.3 Å². The number of aromatic hydroxyl groups is 2. The standard InChI is InChI=1S/C19H21NO3.C19H27NO.C18H21NO3/c1-2-8-20-9-7-19-12-4-6-15(22)18(19)23-17-14(21)5-3-11(16(17)19)10-13(12)20;1-13(2)7-9-20-10-8-19(4)14(3)18(20)11-15-5-6-16(21)12-17(15)19;1-19-8-7-18-11-4-5-13(20)17(18)22-16-14(21-2)6-3-10(15(16)18)9-12(11)19/h2-6,12-13,15,18,21-22H,1,7-10H2;5-7,12,14,18,21H,8-11H2,1-4H3;3,6,11-12,17H,4-5,7-9H2,1-2H3/t12-,13+,15-,18-,19-;14-,18+,19+;11-,12+,17-,18-/m000/s1. The number of rotatable bonds is 5. The van der Waals surface area contributed by atoms with Gasteiger partial charge in [-0.2, -0.15) is 0 Å². The number of ketones is 1. The van der Waals surface area contributed by atoms with Crippen LogP contribution in [0.4, 0.5) is 0 Å². The summed E-state index contributed by atoms with van der Waals surface area (Å²) >= 11 is 0. The number of carbonyl (C=O) groups is 1. The second kappa shape index (κ2) is 16.0. The fourth-order valence-electron chi connectivity index (χ4n) is 15.4. The summed E-state index contributed by atoms with van der Waals surface area (Å²) < 4.78 is 17.9. The number of allylic oxidation sites excluding steroid dienone is 1. The second-order valence-electron chi connectivity index (χ2n) is 21.9. The summed E-state index contributed by atoms with van der Waals surface area (Å²) in [7, 11) is 3.91. The highest BCUT2D eigenvalue weighted by atomic mass is 16.5. The number of hydrogen-bond acceptors (Lipinski definition) is 10. The van der Waals surface area contributed by atoms with E-state index in [1.54, 1.807) is 13.2 Å². The number of Topliss-reactive ketones (excluding diaryl/α,β-unsaturated/α-hetero) is 1. The van der Waals surface area contributed by atoms with E-state index < -0.39 is 6.10 Å². The molecule has 350 valence electrons. The van der Waals surface area contributed by atoms with Crippen molar-refractivity contribution < 1.29 is 34.3 Å². The van der Waals surface area contributed by atoms with Gasteiger partial charge in [0.1, 0.15) is 18.0 Å². The molecule has 10 heteroatoms. The lowest BCUT2D eigenvalue weighted by Crippen LogP contribution is -2.65. The third-order valence-electron chi connectivity index (χ3n) is 18.8. The highest BCUT2D eigenvalue weighted by Gasteiger charge is 2.66. The highest BCUT2D eigenvalue weighted by Crippen LogP contribution is 2.64. The van der Waals surface area contributed by atoms with Gasteiger partial charge in [0.2, 0.25) is 0 Å². The zero-order valence-corrected chi connectivity index (χ0v) is 39.8. The number of methoxy groups -OCH3 is 1. The van der Waals surface area contributed by atoms with Crippen LogP contribution in [0.5, 0.6) is 28.7 Å². The molecule has 12 atom stereocenters. The van der Waals surface area contributed by atoms with Crippen LogP contribution in [0.1, 0.15) is 93.2 Å². The van der Waals surface area contributed by atoms with Crippen molar-refractivity contribution in [2.45, 2.75) is 132 Å². The van der Waals surface area contributed by atoms with Crippen molar-refractivity contribution in [3.63, 3.8) is 0 Å². The average Bonchev–Trinajstić information content (AvgIpc) is 3.85. The lowest BCUT2D eigenvalue weighted by atomic mass is 9.52. The molecular formula is C56H69N3O7. The number of nitrogens with zero attached hydrogens (tertiary/aromatic N) is 3. The van der Waals surface area contributed by atoms with Crippen LogP contribution in [-0.4, -0.2) is 119 Å². The zero-order valence-electron chi connectivity index (χ0n) is 39.8. The number of phenolic OH excluding ortho intramolecular Hbond substituents is 2. The molecule has 13 rings (SSSR count). The summed E-state index contributed by atoms with van der Waals surface area (Å²) in [4.78, 5) is 20.3. The van der Waals surface area contributed by atoms with Crippen LogP contribution < -0.4 is 14.2 Å². The molecule has 1 saturated carbocycles. The Morgan fingerprint density at radius 1 is 0.864 bits per heavy atom. The van der Waals surface area contributed by atoms with E-state index in [1.807, 2.05) is 36.4 Å². The van der Waals surface area contributed by atoms with Crippen molar-refractivity contribution in [1.29, 1.82) is 0 Å². The first-order valence-electron chi connectivity index (χ1n) is 24.8. The van der Waals surface area contributed by atoms with Gasteiger partial charge in [0.05, 0.1) is 7.11 Å². The summed E-state index contributed by atoms with van der Waals surface area (Å²) in [5.74, 6) is 4.63. The number of hydrogen-bond donors (Lipinski definition) is 3. The molecule has 3 aromatic carbocycles. The Balaban J connectivity index is 0.000000110. The Hall–Kier alpha value is -4.61. The van der Waals surface area contributed by atoms with Gasteiger partial charge in [-0.3, -0.25) is 14.6 Å². The van der Waals surface area contributed by atoms with E-state index in [0.29, 0.717) is 53.8 Å². The molecular weight excluding hydrogens is 827 g/mol. The molecule has 10 aliphatic rings. The molecule has 5 heterocycles. The van der Waals surface area contributed by atoms with Gasteiger partial charge in [-0.1, -0.05) is 61.9 Å². The van der Waals surface area contributed by atoms with Gasteiger partial charge in [0, 0.05) is 65.5 Å². The average molecular weight is 896 g/mol. The first-order valence-corrected chi connectivity index (χ1v) is 24.8. The number of carbonyl (C=O) groups excluding carboxylic acids is 1. The van der Waals surface area contributed by atoms with Crippen molar-refractivity contribution in [3.8, 4) is 28.7 Å². The van der Waals surface area contributed by atoms with E-state index in [0.717, 1.165) is 88.3 Å². The fraction of sp³-hybridized carbons (Fsp3) is 0.554. The van der Waals surface area contributed by atoms with E-state index in [-0.39, 0.29) is 40.0 Å². The molecule has 5 aliphatic carbocycles. The summed E-state index contributed by atoms with van der Waals surface area (Å²) in [6.45, 7) is 18.2. The predicted molar refractivity (Wildman–Crippen MR) is 256 cm³/mol. The Bertz CT molecular complexity index is 2530. The topological polar surface area (TPSA) is 115 Å². The van der Waals surface area contributed by atoms with Gasteiger partial charge >= 0.3 is 0 Å². The SMILES string of the molecule is C=CCN1CC[C@]23c4c5ccc(O)c4O[C@H]2[C@@H](O)C=C[C@H]3[C@H]1C5.CC(C)=CCN1CC[C@@]2(C)c3cc(O)ccc3C[C@@H]1[C@@H]2C.COc1ccc2c3c1O[C@H]1C(=O)CC[C@H]4[C@@H](C2)N(C)CC[C@]314. The fourth-order valence-corrected chi connectivity index (χ4v) is 15.4. The van der Waals surface area contributed by atoms with Crippen molar-refractivity contribution in [3.05, 3.63) is 112 Å². The molecule has 3 saturated heterocycles. The third-order valence-corrected chi connectivity index (χ3v) is 18.8. The van der Waals surface area contributed by atoms with E-state index >= 15 is 0 Å². The van der Waals surface area contributed by atoms with Crippen LogP contribution in [0.3, 0.4) is 0 Å². The quantitative estimate of drug-likeness (QED) is 0.222. The summed E-state index contributed by atoms with van der Waals surface area (Å²) in [5, 5.41) is 30.7. The number of ether oxygens (including phenoxy) is 3. The summed E-state index contributed by atoms with van der Waals surface area (Å²) in [5.41, 5.74) is 9.22. The number of likely N-dealkylation sites (tertiary alicyclic amines) is 3. The number of fused-ring (bicyclic) bond motifs is 4. The van der Waals surface area contributed by atoms with Crippen LogP contribution in [0.2, 0.25) is 0 Å². The molecule has 0 radical (unpaired) electrons. The Labute approximate surface area is 390 Å². The molecule has 3 N–H and O–H groups in total. The first kappa shape index (κ1) is 43.9. The van der Waals surface area contributed by atoms with Crippen molar-refractivity contribution >= 4 is 5.78 Å². The lowest BCUT2D eigenvalue weighted by molar-refractivity contribution is -0.138. The second-order valence-corrected chi connectivity index (χ2v) is 21.9. The molecule has 0 unspecified atom stereocenters. The van der Waals surface area contributed by atoms with Gasteiger partial charge in [-0.05, 0) is 149 Å². The molecule has 66 heavy (non-hydrogen) atoms. The van der Waals surface area contributed by atoms with Crippen LogP contribution in [0.25, 0.3) is 0 Å². The largest absolute Gasteiger partial charge is 0.508 e. The molecule has 6 bridgehead atoms. The maximum atomic E-state index is 12.6. The maximum absolute atomic E-state index is 12.6. The zero-order chi connectivity index (χ0) is 46.0. The lowest BCUT2D eigenvalue weighted by Gasteiger charge is -2.57. The number of phenols is 2. The molecule has 0 amide bonds. The Morgan fingerprint density at radius 3 is 2.33 bits per heavy atom. The molecule has 5 aliphatic heterocycles. The minimum atomic E-state index is -0.615. The maximum Gasteiger partial charge on any atom is 0.174 e. The van der Waals surface area contributed by atoms with E-state index in [1.165, 1.54) is 39.8 Å². The monoisotopic (exact) mass is 896 g/mol. The third kappa shape index (κ3) is 6.22. The number of piperidine rings is 3. The number of likely N-dealkylation sites (N-methyl/N-ethyl adjacent to an activating group) is 1. The first-order chi connectivity index (χ1) is 31.7. The van der Waals surface area contributed by atoms with Gasteiger partial charge < -0.3 is 34.4 Å². The predicted octanol–water partition coefficient (Wildman–Crippen LogP) is 7.57. The molecule has 2 spiro atoms. The summed E-state index contributed by atoms with van der Waals surface area (Å²) in [6, 6.07) is 15.5. The van der Waals surface area contributed by atoms with E-state index in [9.17, 15) is 20.1 Å². The highest BCUT2D eigenvalue weighted by molar-refractivity contribution is 5.89. The van der Waals surface area contributed by atoms with Crippen LogP contribution in [0.15, 0.2) is 78.9 Å². The number of benzene rings is 3. The van der Waals surface area contributed by atoms with E-state index in [2.05, 4.69) is 80.3 Å². The minimum absolute atomic E-state index is 0.0933. The smallest absolute Gasteiger partial charge is 0.174 e. The van der Waals surface area contributed by atoms with Crippen molar-refractivity contribution in [2.75, 3.05) is 46.9 Å². The Kier molecular flexibility index (Phi) is 10.6. The Morgan fingerprint density at radius 2 is 1.56 bits per heavy atom. The molecule has 3 aromatic rings. The van der Waals surface area contributed by atoms with Crippen LogP contribution >= 0.6 is 0 Å². The van der Waals surface area contributed by atoms with Crippen molar-refractivity contribution in [2.24, 2.45) is 17.8 Å². The van der Waals surface area contributed by atoms with Crippen molar-refractivity contribution in [1.82, 2.24) is 14.7 Å². The van der Waals surface area contributed by atoms with Gasteiger partial charge in [0.25, 0.3) is 0 Å². The van der Waals surface area contributed by atoms with Gasteiger partial charge in [0.15, 0.2) is 34.9 Å². The summed E-state index contributed by atoms with van der Waals surface area (Å²) in [6.07, 6.45) is 15.2. The van der Waals surface area contributed by atoms with Gasteiger partial charge in [-0.15, -0.1) is 6.58 Å². The molecule has 4 fully saturated rings. The normalized spacial score (nSPS) is 36.7. The van der Waals surface area contributed by atoms with Gasteiger partial charge in [-0.25, -0.2) is 0 Å². The number of aliphatic hydroxyl groups is 1. The minimum Gasteiger partial charge on any atom is -0.508 e. The molecule has 10 nitrogen and oxygen atoms in total.